The molecule has 0 unspecified atom stereocenters. The number of cyclic esters (lactones) is 1. The minimum Gasteiger partial charge on any atom is -0.463 e. The minimum atomic E-state index is -1.41. The van der Waals surface area contributed by atoms with E-state index in [4.69, 9.17) is 9.47 Å². The number of benzene rings is 2. The molecule has 0 radical (unpaired) electrons. The van der Waals surface area contributed by atoms with Crippen LogP contribution < -0.4 is 10.2 Å². The van der Waals surface area contributed by atoms with Crippen LogP contribution in [-0.4, -0.2) is 77.2 Å². The van der Waals surface area contributed by atoms with E-state index in [9.17, 15) is 19.5 Å². The summed E-state index contributed by atoms with van der Waals surface area (Å²) in [6, 6.07) is 12.7. The fraction of sp³-hybridized carbons (Fsp3) is 0.474. The third-order valence-electron chi connectivity index (χ3n) is 10.0. The summed E-state index contributed by atoms with van der Waals surface area (Å²) in [6.45, 7) is 7.65. The van der Waals surface area contributed by atoms with Gasteiger partial charge in [-0.25, -0.2) is 0 Å². The van der Waals surface area contributed by atoms with E-state index in [0.29, 0.717) is 18.5 Å². The molecule has 0 aromatic heterocycles. The summed E-state index contributed by atoms with van der Waals surface area (Å²) >= 11 is 0. The van der Waals surface area contributed by atoms with Gasteiger partial charge >= 0.3 is 5.97 Å². The molecular weight excluding hydrogens is 610 g/mol. The normalized spacial score (nSPS) is 30.4. The maximum Gasteiger partial charge on any atom is 0.306 e. The second kappa shape index (κ2) is 13.7. The predicted molar refractivity (Wildman–Crippen MR) is 180 cm³/mol. The molecule has 3 amide bonds. The minimum absolute atomic E-state index is 0.0786. The summed E-state index contributed by atoms with van der Waals surface area (Å²) in [4.78, 5) is 60.1. The summed E-state index contributed by atoms with van der Waals surface area (Å²) in [5.74, 6) is -3.39. The topological polar surface area (TPSA) is 125 Å². The number of aliphatic hydroxyl groups excluding tert-OH is 1. The highest BCUT2D eigenvalue weighted by Gasteiger charge is 2.74. The van der Waals surface area contributed by atoms with Crippen molar-refractivity contribution in [1.29, 1.82) is 0 Å². The molecule has 2 fully saturated rings. The second-order valence-corrected chi connectivity index (χ2v) is 13.8. The molecule has 4 aliphatic rings. The standard InChI is InChI=1S/C38H45N3O7/c1-23(2)19-27(21-42)41-34-37(46)40(29-20-24(3)14-15-25(29)4)18-10-6-9-13-31(43)47-22-28(26-11-7-5-8-12-26)39-35(44)32-30-16-17-38(34,48-30)33(32)36(41)45/h5-8,10-12,14-17,20,23,27-28,30,32-34,42H,9,13,18-19,21-22H2,1-4H3,(H,39,44)/b10-6-/t27-,28+,30+,32-,33-,34+,38-/m1/s1. The molecular formula is C38H45N3O7. The van der Waals surface area contributed by atoms with Gasteiger partial charge in [0.25, 0.3) is 5.91 Å². The van der Waals surface area contributed by atoms with Crippen molar-refractivity contribution in [2.24, 2.45) is 17.8 Å². The number of nitrogens with one attached hydrogen (secondary N) is 1. The fourth-order valence-corrected chi connectivity index (χ4v) is 7.79. The monoisotopic (exact) mass is 655 g/mol. The zero-order valence-corrected chi connectivity index (χ0v) is 28.0. The van der Waals surface area contributed by atoms with Crippen LogP contribution in [0.3, 0.4) is 0 Å². The number of esters is 1. The first kappa shape index (κ1) is 33.6. The van der Waals surface area contributed by atoms with E-state index in [1.165, 1.54) is 4.90 Å². The van der Waals surface area contributed by atoms with Crippen LogP contribution >= 0.6 is 0 Å². The Balaban J connectivity index is 1.48. The molecule has 254 valence electrons. The molecule has 2 aromatic rings. The van der Waals surface area contributed by atoms with Crippen molar-refractivity contribution in [3.63, 3.8) is 0 Å². The van der Waals surface area contributed by atoms with Gasteiger partial charge < -0.3 is 29.7 Å². The van der Waals surface area contributed by atoms with Gasteiger partial charge in [-0.15, -0.1) is 0 Å². The van der Waals surface area contributed by atoms with Gasteiger partial charge in [0.2, 0.25) is 11.8 Å². The molecule has 6 rings (SSSR count). The number of amides is 3. The van der Waals surface area contributed by atoms with Crippen LogP contribution in [0.4, 0.5) is 5.69 Å². The number of hydrogen-bond donors (Lipinski definition) is 2. The smallest absolute Gasteiger partial charge is 0.306 e. The first-order valence-corrected chi connectivity index (χ1v) is 16.9. The van der Waals surface area contributed by atoms with Gasteiger partial charge in [-0.2, -0.15) is 0 Å². The first-order valence-electron chi connectivity index (χ1n) is 16.9. The quantitative estimate of drug-likeness (QED) is 0.357. The van der Waals surface area contributed by atoms with Crippen molar-refractivity contribution >= 4 is 29.4 Å². The van der Waals surface area contributed by atoms with E-state index >= 15 is 4.79 Å². The molecule has 2 N–H and O–H groups in total. The summed E-state index contributed by atoms with van der Waals surface area (Å²) in [5, 5.41) is 13.7. The zero-order valence-electron chi connectivity index (χ0n) is 28.0. The van der Waals surface area contributed by atoms with Gasteiger partial charge in [0, 0.05) is 18.7 Å². The number of aryl methyl sites for hydroxylation is 2. The lowest BCUT2D eigenvalue weighted by molar-refractivity contribution is -0.146. The van der Waals surface area contributed by atoms with E-state index in [0.717, 1.165) is 16.7 Å². The van der Waals surface area contributed by atoms with Crippen LogP contribution in [0.15, 0.2) is 72.8 Å². The molecule has 4 aliphatic heterocycles. The highest BCUT2D eigenvalue weighted by molar-refractivity contribution is 6.06. The Morgan fingerprint density at radius 2 is 1.79 bits per heavy atom. The molecule has 5 bridgehead atoms. The number of carbonyl (C=O) groups is 4. The molecule has 7 atom stereocenters. The Morgan fingerprint density at radius 3 is 2.52 bits per heavy atom. The average molecular weight is 656 g/mol. The Morgan fingerprint density at radius 1 is 1.02 bits per heavy atom. The third-order valence-corrected chi connectivity index (χ3v) is 10.0. The van der Waals surface area contributed by atoms with Crippen molar-refractivity contribution in [3.8, 4) is 0 Å². The Labute approximate surface area is 281 Å². The van der Waals surface area contributed by atoms with Crippen LogP contribution in [-0.2, 0) is 28.7 Å². The van der Waals surface area contributed by atoms with Gasteiger partial charge in [-0.3, -0.25) is 19.2 Å². The van der Waals surface area contributed by atoms with Crippen molar-refractivity contribution in [2.75, 3.05) is 24.7 Å². The lowest BCUT2D eigenvalue weighted by Gasteiger charge is -2.39. The van der Waals surface area contributed by atoms with Crippen LogP contribution in [0, 0.1) is 31.6 Å². The number of likely N-dealkylation sites (tertiary alicyclic amines) is 1. The summed E-state index contributed by atoms with van der Waals surface area (Å²) in [7, 11) is 0. The number of ether oxygens (including phenoxy) is 2. The largest absolute Gasteiger partial charge is 0.463 e. The molecule has 10 nitrogen and oxygen atoms in total. The van der Waals surface area contributed by atoms with Gasteiger partial charge in [0.05, 0.1) is 36.6 Å². The van der Waals surface area contributed by atoms with Crippen LogP contribution in [0.5, 0.6) is 0 Å². The van der Waals surface area contributed by atoms with Gasteiger partial charge in [-0.05, 0) is 55.4 Å². The highest BCUT2D eigenvalue weighted by atomic mass is 16.5. The number of rotatable bonds is 6. The number of fused-ring (bicyclic) bond motifs is 2. The number of carbonyl (C=O) groups excluding carboxylic acids is 4. The first-order chi connectivity index (χ1) is 23.1. The molecule has 4 heterocycles. The van der Waals surface area contributed by atoms with Crippen molar-refractivity contribution in [3.05, 3.63) is 89.5 Å². The summed E-state index contributed by atoms with van der Waals surface area (Å²) < 4.78 is 12.3. The second-order valence-electron chi connectivity index (χ2n) is 13.8. The Hall–Kier alpha value is -4.28. The highest BCUT2D eigenvalue weighted by Crippen LogP contribution is 2.56. The molecule has 2 aromatic carbocycles. The van der Waals surface area contributed by atoms with Crippen molar-refractivity contribution < 1.29 is 33.8 Å². The number of allylic oxidation sites excluding steroid dienone is 1. The van der Waals surface area contributed by atoms with Crippen LogP contribution in [0.25, 0.3) is 0 Å². The van der Waals surface area contributed by atoms with Crippen LogP contribution in [0.1, 0.15) is 55.8 Å². The molecule has 0 saturated carbocycles. The van der Waals surface area contributed by atoms with E-state index in [1.54, 1.807) is 17.1 Å². The molecule has 2 saturated heterocycles. The Bertz CT molecular complexity index is 1620. The molecule has 1 spiro atoms. The lowest BCUT2D eigenvalue weighted by atomic mass is 9.74. The SMILES string of the molecule is Cc1ccc(C)c(N2C/C=C\CCC(=O)OC[C@@H](c3ccccc3)NC(=O)[C@@H]3[C@@H]4C=C[C@]5(O4)[C@H](C2=O)N([C@@H](CO)CC(C)C)C(=O)[C@@H]35)c1. The molecule has 48 heavy (non-hydrogen) atoms. The Kier molecular flexibility index (Phi) is 9.58. The lowest BCUT2D eigenvalue weighted by Crippen LogP contribution is -2.59. The number of hydrogen-bond acceptors (Lipinski definition) is 7. The summed E-state index contributed by atoms with van der Waals surface area (Å²) in [6.07, 6.45) is 7.53. The fourth-order valence-electron chi connectivity index (χ4n) is 7.79. The van der Waals surface area contributed by atoms with E-state index < -0.39 is 53.5 Å². The predicted octanol–water partition coefficient (Wildman–Crippen LogP) is 3.94. The number of anilines is 1. The zero-order chi connectivity index (χ0) is 34.2. The molecule has 0 aliphatic carbocycles. The molecule has 10 heteroatoms. The van der Waals surface area contributed by atoms with E-state index in [1.807, 2.05) is 88.4 Å². The number of aliphatic hydroxyl groups is 1. The average Bonchev–Trinajstić information content (AvgIpc) is 3.71. The van der Waals surface area contributed by atoms with Crippen molar-refractivity contribution in [1.82, 2.24) is 10.2 Å². The number of nitrogens with zero attached hydrogens (tertiary/aromatic N) is 2. The van der Waals surface area contributed by atoms with Gasteiger partial charge in [0.1, 0.15) is 18.2 Å². The third kappa shape index (κ3) is 6.07. The maximum absolute atomic E-state index is 15.1. The van der Waals surface area contributed by atoms with Crippen molar-refractivity contribution in [2.45, 2.75) is 76.8 Å². The van der Waals surface area contributed by atoms with E-state index in [2.05, 4.69) is 5.32 Å². The van der Waals surface area contributed by atoms with Gasteiger partial charge in [0.15, 0.2) is 0 Å². The van der Waals surface area contributed by atoms with Crippen LogP contribution in [0.2, 0.25) is 0 Å². The van der Waals surface area contributed by atoms with Gasteiger partial charge in [-0.1, -0.05) is 80.6 Å². The maximum atomic E-state index is 15.1. The van der Waals surface area contributed by atoms with E-state index in [-0.39, 0.29) is 43.9 Å². The summed E-state index contributed by atoms with van der Waals surface area (Å²) in [5.41, 5.74) is 1.87.